The van der Waals surface area contributed by atoms with E-state index in [1.807, 2.05) is 0 Å². The number of thioether (sulfide) groups is 1. The van der Waals surface area contributed by atoms with Gasteiger partial charge >= 0.3 is 0 Å². The minimum atomic E-state index is 0.261. The minimum Gasteiger partial charge on any atom is -0.371 e. The number of nitrogens with two attached hydrogens (primary N) is 1. The van der Waals surface area contributed by atoms with Crippen LogP contribution in [-0.4, -0.2) is 30.6 Å². The van der Waals surface area contributed by atoms with Crippen LogP contribution in [0.15, 0.2) is 22.7 Å². The summed E-state index contributed by atoms with van der Waals surface area (Å²) in [5.74, 6) is 2.53. The van der Waals surface area contributed by atoms with Crippen molar-refractivity contribution in [3.05, 3.63) is 28.2 Å². The van der Waals surface area contributed by atoms with E-state index in [4.69, 9.17) is 5.73 Å². The van der Waals surface area contributed by atoms with Gasteiger partial charge in [0.05, 0.1) is 0 Å². The van der Waals surface area contributed by atoms with E-state index in [0.29, 0.717) is 0 Å². The highest BCUT2D eigenvalue weighted by Crippen LogP contribution is 2.26. The topological polar surface area (TPSA) is 29.3 Å². The Hall–Kier alpha value is -0.190. The van der Waals surface area contributed by atoms with E-state index in [2.05, 4.69) is 57.7 Å². The number of halogens is 1. The van der Waals surface area contributed by atoms with Crippen molar-refractivity contribution in [3.8, 4) is 0 Å². The summed E-state index contributed by atoms with van der Waals surface area (Å²) in [5, 5.41) is 0. The molecule has 2 N–H and O–H groups in total. The normalized spacial score (nSPS) is 18.2. The summed E-state index contributed by atoms with van der Waals surface area (Å²) in [5.41, 5.74) is 8.70. The molecule has 1 heterocycles. The number of hydrogen-bond acceptors (Lipinski definition) is 3. The van der Waals surface area contributed by atoms with Crippen LogP contribution in [-0.2, 0) is 6.42 Å². The van der Waals surface area contributed by atoms with Gasteiger partial charge in [0.15, 0.2) is 0 Å². The fourth-order valence-electron chi connectivity index (χ4n) is 2.33. The Labute approximate surface area is 129 Å². The monoisotopic (exact) mass is 342 g/mol. The second-order valence-corrected chi connectivity index (χ2v) is 7.18. The van der Waals surface area contributed by atoms with Crippen LogP contribution >= 0.6 is 27.7 Å². The summed E-state index contributed by atoms with van der Waals surface area (Å²) in [6.45, 7) is 4.47. The van der Waals surface area contributed by atoms with Gasteiger partial charge in [0.1, 0.15) is 0 Å². The first-order chi connectivity index (χ1) is 9.20. The quantitative estimate of drug-likeness (QED) is 0.904. The predicted molar refractivity (Wildman–Crippen MR) is 90.3 cm³/mol. The molecular weight excluding hydrogens is 320 g/mol. The average molecular weight is 343 g/mol. The molecule has 1 atom stereocenters. The van der Waals surface area contributed by atoms with E-state index in [0.717, 1.165) is 19.4 Å². The highest BCUT2D eigenvalue weighted by atomic mass is 79.9. The zero-order valence-corrected chi connectivity index (χ0v) is 14.0. The van der Waals surface area contributed by atoms with Gasteiger partial charge in [0.25, 0.3) is 0 Å². The first-order valence-corrected chi connectivity index (χ1v) is 9.02. The van der Waals surface area contributed by atoms with E-state index in [1.54, 1.807) is 0 Å². The van der Waals surface area contributed by atoms with Crippen LogP contribution in [0.25, 0.3) is 0 Å². The zero-order valence-electron chi connectivity index (χ0n) is 11.6. The number of anilines is 1. The standard InChI is InChI=1S/C15H23BrN2S/c1-2-13(17)10-12-4-5-14(11-15(12)16)18-6-3-8-19-9-7-18/h4-5,11,13H,2-3,6-10,17H2,1H3. The molecule has 0 bridgehead atoms. The van der Waals surface area contributed by atoms with Gasteiger partial charge in [0, 0.05) is 35.0 Å². The molecule has 1 aromatic carbocycles. The molecule has 0 amide bonds. The molecule has 4 heteroatoms. The Morgan fingerprint density at radius 2 is 2.21 bits per heavy atom. The van der Waals surface area contributed by atoms with Gasteiger partial charge in [-0.3, -0.25) is 0 Å². The lowest BCUT2D eigenvalue weighted by Crippen LogP contribution is -2.25. The van der Waals surface area contributed by atoms with Crippen molar-refractivity contribution in [2.24, 2.45) is 5.73 Å². The largest absolute Gasteiger partial charge is 0.371 e. The summed E-state index contributed by atoms with van der Waals surface area (Å²) < 4.78 is 1.20. The molecule has 0 aromatic heterocycles. The van der Waals surface area contributed by atoms with Gasteiger partial charge < -0.3 is 10.6 Å². The Morgan fingerprint density at radius 3 is 2.95 bits per heavy atom. The second-order valence-electron chi connectivity index (χ2n) is 5.10. The molecule has 0 spiro atoms. The molecule has 1 aromatic rings. The molecule has 2 rings (SSSR count). The zero-order chi connectivity index (χ0) is 13.7. The molecule has 1 saturated heterocycles. The van der Waals surface area contributed by atoms with Crippen molar-refractivity contribution in [2.75, 3.05) is 29.5 Å². The van der Waals surface area contributed by atoms with Gasteiger partial charge in [-0.1, -0.05) is 28.9 Å². The maximum atomic E-state index is 6.04. The first-order valence-electron chi connectivity index (χ1n) is 7.07. The van der Waals surface area contributed by atoms with Crippen LogP contribution in [0.1, 0.15) is 25.3 Å². The Bertz CT molecular complexity index is 403. The average Bonchev–Trinajstić information content (AvgIpc) is 2.69. The predicted octanol–water partition coefficient (Wildman–Crippen LogP) is 3.67. The molecule has 0 saturated carbocycles. The van der Waals surface area contributed by atoms with Gasteiger partial charge in [-0.15, -0.1) is 0 Å². The molecule has 0 aliphatic carbocycles. The fourth-order valence-corrected chi connectivity index (χ4v) is 3.74. The molecule has 1 aliphatic rings. The van der Waals surface area contributed by atoms with Crippen LogP contribution in [0.5, 0.6) is 0 Å². The summed E-state index contributed by atoms with van der Waals surface area (Å²) in [7, 11) is 0. The molecule has 2 nitrogen and oxygen atoms in total. The minimum absolute atomic E-state index is 0.261. The second kappa shape index (κ2) is 7.55. The van der Waals surface area contributed by atoms with Crippen molar-refractivity contribution in [1.29, 1.82) is 0 Å². The summed E-state index contributed by atoms with van der Waals surface area (Å²) in [6, 6.07) is 7.00. The first kappa shape index (κ1) is 15.2. The van der Waals surface area contributed by atoms with Crippen molar-refractivity contribution in [3.63, 3.8) is 0 Å². The van der Waals surface area contributed by atoms with Crippen LogP contribution in [0.2, 0.25) is 0 Å². The SMILES string of the molecule is CCC(N)Cc1ccc(N2CCCSCC2)cc1Br. The van der Waals surface area contributed by atoms with Crippen LogP contribution in [0.3, 0.4) is 0 Å². The van der Waals surface area contributed by atoms with E-state index in [1.165, 1.54) is 40.2 Å². The number of benzene rings is 1. The Morgan fingerprint density at radius 1 is 1.37 bits per heavy atom. The highest BCUT2D eigenvalue weighted by Gasteiger charge is 2.12. The maximum absolute atomic E-state index is 6.04. The lowest BCUT2D eigenvalue weighted by Gasteiger charge is -2.23. The van der Waals surface area contributed by atoms with Crippen molar-refractivity contribution in [1.82, 2.24) is 0 Å². The fraction of sp³-hybridized carbons (Fsp3) is 0.600. The van der Waals surface area contributed by atoms with E-state index >= 15 is 0 Å². The summed E-state index contributed by atoms with van der Waals surface area (Å²) >= 11 is 5.77. The lowest BCUT2D eigenvalue weighted by atomic mass is 10.0. The third-order valence-electron chi connectivity index (χ3n) is 3.63. The van der Waals surface area contributed by atoms with E-state index < -0.39 is 0 Å². The van der Waals surface area contributed by atoms with Gasteiger partial charge in [-0.25, -0.2) is 0 Å². The van der Waals surface area contributed by atoms with Crippen molar-refractivity contribution in [2.45, 2.75) is 32.2 Å². The van der Waals surface area contributed by atoms with Crippen LogP contribution in [0.4, 0.5) is 5.69 Å². The number of hydrogen-bond donors (Lipinski definition) is 1. The van der Waals surface area contributed by atoms with Crippen molar-refractivity contribution < 1.29 is 0 Å². The van der Waals surface area contributed by atoms with Crippen LogP contribution < -0.4 is 10.6 Å². The smallest absolute Gasteiger partial charge is 0.0377 e. The Kier molecular flexibility index (Phi) is 6.05. The maximum Gasteiger partial charge on any atom is 0.0377 e. The number of nitrogens with zero attached hydrogens (tertiary/aromatic N) is 1. The van der Waals surface area contributed by atoms with Gasteiger partial charge in [-0.2, -0.15) is 11.8 Å². The van der Waals surface area contributed by atoms with Crippen LogP contribution in [0, 0.1) is 0 Å². The molecule has 1 aliphatic heterocycles. The lowest BCUT2D eigenvalue weighted by molar-refractivity contribution is 0.645. The van der Waals surface area contributed by atoms with Crippen molar-refractivity contribution >= 4 is 33.4 Å². The third kappa shape index (κ3) is 4.40. The van der Waals surface area contributed by atoms with E-state index in [-0.39, 0.29) is 6.04 Å². The highest BCUT2D eigenvalue weighted by molar-refractivity contribution is 9.10. The third-order valence-corrected chi connectivity index (χ3v) is 5.42. The molecular formula is C15H23BrN2S. The molecule has 0 radical (unpaired) electrons. The van der Waals surface area contributed by atoms with Gasteiger partial charge in [-0.05, 0) is 42.7 Å². The molecule has 1 unspecified atom stereocenters. The summed E-state index contributed by atoms with van der Waals surface area (Å²) in [6.07, 6.45) is 3.26. The molecule has 106 valence electrons. The Balaban J connectivity index is 2.08. The summed E-state index contributed by atoms with van der Waals surface area (Å²) in [4.78, 5) is 2.49. The van der Waals surface area contributed by atoms with Gasteiger partial charge in [0.2, 0.25) is 0 Å². The molecule has 19 heavy (non-hydrogen) atoms. The molecule has 1 fully saturated rings. The number of rotatable bonds is 4. The van der Waals surface area contributed by atoms with E-state index in [9.17, 15) is 0 Å².